The number of nitrogens with two attached hydrogens (primary N) is 1. The summed E-state index contributed by atoms with van der Waals surface area (Å²) in [5.41, 5.74) is 10.2. The van der Waals surface area contributed by atoms with Gasteiger partial charge < -0.3 is 5.73 Å². The highest BCUT2D eigenvalue weighted by Gasteiger charge is 2.14. The minimum atomic E-state index is 0.796. The summed E-state index contributed by atoms with van der Waals surface area (Å²) in [4.78, 5) is 0. The van der Waals surface area contributed by atoms with Gasteiger partial charge in [0.15, 0.2) is 0 Å². The average molecular weight is 387 g/mol. The zero-order valence-corrected chi connectivity index (χ0v) is 18.1. The topological polar surface area (TPSA) is 49.8 Å². The molecule has 0 fully saturated rings. The molecule has 3 rings (SSSR count). The van der Waals surface area contributed by atoms with Crippen molar-refractivity contribution in [2.24, 2.45) is 0 Å². The van der Waals surface area contributed by atoms with E-state index in [0.717, 1.165) is 36.9 Å². The molecule has 0 amide bonds. The van der Waals surface area contributed by atoms with Crippen molar-refractivity contribution in [1.29, 1.82) is 5.26 Å². The number of fused-ring (bicyclic) bond motifs is 2. The molecule has 0 aromatic heterocycles. The van der Waals surface area contributed by atoms with E-state index in [4.69, 9.17) is 5.73 Å². The van der Waals surface area contributed by atoms with E-state index >= 15 is 0 Å². The zero-order valence-electron chi connectivity index (χ0n) is 18.1. The molecule has 0 aliphatic rings. The quantitative estimate of drug-likeness (QED) is 0.220. The molecular formula is C27H34N2. The third-order valence-corrected chi connectivity index (χ3v) is 6.00. The van der Waals surface area contributed by atoms with Gasteiger partial charge in [0, 0.05) is 5.69 Å². The average Bonchev–Trinajstić information content (AvgIpc) is 2.72. The molecule has 3 aromatic rings. The lowest BCUT2D eigenvalue weighted by Crippen LogP contribution is -2.00. The number of nitrogens with zero attached hydrogens (tertiary/aromatic N) is 1. The lowest BCUT2D eigenvalue weighted by molar-refractivity contribution is 0.661. The first-order valence-corrected chi connectivity index (χ1v) is 11.4. The van der Waals surface area contributed by atoms with Gasteiger partial charge in [0.1, 0.15) is 0 Å². The summed E-state index contributed by atoms with van der Waals surface area (Å²) < 4.78 is 0. The fraction of sp³-hybridized carbons (Fsp3) is 0.444. The molecule has 0 spiro atoms. The first-order valence-electron chi connectivity index (χ1n) is 11.4. The Bertz CT molecular complexity index is 1010. The van der Waals surface area contributed by atoms with Gasteiger partial charge in [-0.2, -0.15) is 5.26 Å². The van der Waals surface area contributed by atoms with Crippen LogP contribution in [0.4, 0.5) is 5.69 Å². The molecule has 0 saturated carbocycles. The molecule has 0 radical (unpaired) electrons. The first kappa shape index (κ1) is 21.2. The van der Waals surface area contributed by atoms with Crippen LogP contribution in [0.2, 0.25) is 0 Å². The molecule has 29 heavy (non-hydrogen) atoms. The monoisotopic (exact) mass is 386 g/mol. The molecule has 2 N–H and O–H groups in total. The van der Waals surface area contributed by atoms with E-state index in [1.54, 1.807) is 0 Å². The summed E-state index contributed by atoms with van der Waals surface area (Å²) in [7, 11) is 0. The van der Waals surface area contributed by atoms with Gasteiger partial charge in [-0.3, -0.25) is 0 Å². The molecule has 0 unspecified atom stereocenters. The third kappa shape index (κ3) is 5.10. The third-order valence-electron chi connectivity index (χ3n) is 6.00. The second kappa shape index (κ2) is 10.3. The Morgan fingerprint density at radius 1 is 0.759 bits per heavy atom. The fourth-order valence-electron chi connectivity index (χ4n) is 4.37. The van der Waals surface area contributed by atoms with E-state index in [1.807, 2.05) is 6.07 Å². The maximum absolute atomic E-state index is 10.0. The molecule has 2 heteroatoms. The van der Waals surface area contributed by atoms with Gasteiger partial charge in [0.05, 0.1) is 11.6 Å². The Balaban J connectivity index is 2.08. The number of nitrogen functional groups attached to an aromatic ring is 1. The van der Waals surface area contributed by atoms with Crippen LogP contribution >= 0.6 is 0 Å². The molecule has 2 nitrogen and oxygen atoms in total. The van der Waals surface area contributed by atoms with Crippen LogP contribution < -0.4 is 5.73 Å². The van der Waals surface area contributed by atoms with Crippen molar-refractivity contribution in [2.45, 2.75) is 78.1 Å². The molecule has 3 aromatic carbocycles. The number of hydrogen-bond donors (Lipinski definition) is 1. The molecular weight excluding hydrogens is 352 g/mol. The van der Waals surface area contributed by atoms with Crippen LogP contribution in [0.5, 0.6) is 0 Å². The SMILES string of the molecule is CCCCCCc1cc2cc3cc(N)ccc3cc2c(CCCCCC)c1C#N. The number of aryl methyl sites for hydroxylation is 2. The molecule has 0 aliphatic heterocycles. The highest BCUT2D eigenvalue weighted by atomic mass is 14.5. The maximum atomic E-state index is 10.0. The first-order chi connectivity index (χ1) is 14.2. The van der Waals surface area contributed by atoms with Crippen molar-refractivity contribution in [3.63, 3.8) is 0 Å². The van der Waals surface area contributed by atoms with Crippen LogP contribution in [0.3, 0.4) is 0 Å². The van der Waals surface area contributed by atoms with Gasteiger partial charge in [0.25, 0.3) is 0 Å². The Morgan fingerprint density at radius 3 is 2.17 bits per heavy atom. The Hall–Kier alpha value is -2.53. The molecule has 0 aliphatic carbocycles. The Morgan fingerprint density at radius 2 is 1.48 bits per heavy atom. The van der Waals surface area contributed by atoms with E-state index in [-0.39, 0.29) is 0 Å². The summed E-state index contributed by atoms with van der Waals surface area (Å²) in [6.07, 6.45) is 11.8. The fourth-order valence-corrected chi connectivity index (χ4v) is 4.37. The highest BCUT2D eigenvalue weighted by molar-refractivity contribution is 6.01. The Kier molecular flexibility index (Phi) is 7.53. The molecule has 0 heterocycles. The summed E-state index contributed by atoms with van der Waals surface area (Å²) in [6, 6.07) is 15.5. The smallest absolute Gasteiger partial charge is 0.0997 e. The molecule has 0 bridgehead atoms. The van der Waals surface area contributed by atoms with E-state index in [1.165, 1.54) is 71.2 Å². The summed E-state index contributed by atoms with van der Waals surface area (Å²) in [5, 5.41) is 14.9. The van der Waals surface area contributed by atoms with Gasteiger partial charge >= 0.3 is 0 Å². The Labute approximate surface area is 175 Å². The van der Waals surface area contributed by atoms with E-state index in [0.29, 0.717) is 0 Å². The second-order valence-corrected chi connectivity index (χ2v) is 8.30. The van der Waals surface area contributed by atoms with Crippen LogP contribution in [-0.2, 0) is 12.8 Å². The number of rotatable bonds is 10. The number of anilines is 1. The predicted octanol–water partition coefficient (Wildman–Crippen LogP) is 7.69. The normalized spacial score (nSPS) is 11.2. The minimum absolute atomic E-state index is 0.796. The van der Waals surface area contributed by atoms with Gasteiger partial charge in [-0.05, 0) is 88.7 Å². The van der Waals surface area contributed by atoms with Gasteiger partial charge in [-0.1, -0.05) is 58.4 Å². The number of hydrogen-bond acceptors (Lipinski definition) is 2. The number of nitriles is 1. The lowest BCUT2D eigenvalue weighted by atomic mass is 9.88. The second-order valence-electron chi connectivity index (χ2n) is 8.30. The van der Waals surface area contributed by atoms with Gasteiger partial charge in [-0.15, -0.1) is 0 Å². The van der Waals surface area contributed by atoms with Crippen LogP contribution in [-0.4, -0.2) is 0 Å². The molecule has 152 valence electrons. The van der Waals surface area contributed by atoms with Crippen molar-refractivity contribution in [3.05, 3.63) is 53.1 Å². The number of unbranched alkanes of at least 4 members (excludes halogenated alkanes) is 6. The van der Waals surface area contributed by atoms with Crippen LogP contribution in [0.25, 0.3) is 21.5 Å². The van der Waals surface area contributed by atoms with Crippen LogP contribution in [0.1, 0.15) is 81.9 Å². The standard InChI is InChI=1S/C27H34N2/c1-3-5-7-9-11-21-15-23-16-22-17-24(29)14-13-20(22)18-26(23)25(27(21)19-28)12-10-8-6-4-2/h13-18H,3-12,29H2,1-2H3. The van der Waals surface area contributed by atoms with Crippen LogP contribution in [0.15, 0.2) is 36.4 Å². The maximum Gasteiger partial charge on any atom is 0.0997 e. The summed E-state index contributed by atoms with van der Waals surface area (Å²) in [5.74, 6) is 0. The lowest BCUT2D eigenvalue weighted by Gasteiger charge is -2.15. The number of benzene rings is 3. The van der Waals surface area contributed by atoms with E-state index in [9.17, 15) is 5.26 Å². The summed E-state index contributed by atoms with van der Waals surface area (Å²) in [6.45, 7) is 4.48. The molecule has 0 atom stereocenters. The largest absolute Gasteiger partial charge is 0.399 e. The van der Waals surface area contributed by atoms with E-state index in [2.05, 4.69) is 50.2 Å². The van der Waals surface area contributed by atoms with Gasteiger partial charge in [-0.25, -0.2) is 0 Å². The highest BCUT2D eigenvalue weighted by Crippen LogP contribution is 2.32. The van der Waals surface area contributed by atoms with Crippen molar-refractivity contribution >= 4 is 27.2 Å². The summed E-state index contributed by atoms with van der Waals surface area (Å²) >= 11 is 0. The predicted molar refractivity (Wildman–Crippen MR) is 126 cm³/mol. The minimum Gasteiger partial charge on any atom is -0.399 e. The molecule has 0 saturated heterocycles. The van der Waals surface area contributed by atoms with Gasteiger partial charge in [0.2, 0.25) is 0 Å². The van der Waals surface area contributed by atoms with Crippen molar-refractivity contribution in [3.8, 4) is 6.07 Å². The van der Waals surface area contributed by atoms with Crippen LogP contribution in [0, 0.1) is 11.3 Å². The van der Waals surface area contributed by atoms with Crippen molar-refractivity contribution < 1.29 is 0 Å². The zero-order chi connectivity index (χ0) is 20.6. The van der Waals surface area contributed by atoms with Crippen molar-refractivity contribution in [1.82, 2.24) is 0 Å². The van der Waals surface area contributed by atoms with E-state index < -0.39 is 0 Å². The van der Waals surface area contributed by atoms with Crippen molar-refractivity contribution in [2.75, 3.05) is 5.73 Å².